The average Bonchev–Trinajstić information content (AvgIpc) is 3.18. The topological polar surface area (TPSA) is 79.4 Å². The van der Waals surface area contributed by atoms with E-state index in [2.05, 4.69) is 39.1 Å². The lowest BCUT2D eigenvalue weighted by Gasteiger charge is -2.19. The summed E-state index contributed by atoms with van der Waals surface area (Å²) in [4.78, 5) is 20.5. The quantitative estimate of drug-likeness (QED) is 0.445. The molecule has 7 heteroatoms. The third kappa shape index (κ3) is 3.52. The van der Waals surface area contributed by atoms with Gasteiger partial charge in [0.2, 0.25) is 0 Å². The van der Waals surface area contributed by atoms with E-state index in [0.717, 1.165) is 42.3 Å². The number of pyridine rings is 1. The fraction of sp³-hybridized carbons (Fsp3) is 0.333. The fourth-order valence-electron chi connectivity index (χ4n) is 3.49. The summed E-state index contributed by atoms with van der Waals surface area (Å²) in [6.45, 7) is 4.23. The maximum absolute atomic E-state index is 14.3. The molecule has 4 rings (SSSR count). The standard InChI is InChI=1S/C21H23FN6/c1-3-4-5-9-17-15(10-14-7-6-8-16(22)18(14)28-17)13(2)27-21-19-20(24-11-23-19)25-12-26-21/h6-8,10-13H,3-5,9H2,1-2H3,(H2,23,24,25,26,27)/t13-/m0/s1. The average molecular weight is 378 g/mol. The maximum Gasteiger partial charge on any atom is 0.162 e. The zero-order valence-corrected chi connectivity index (χ0v) is 16.0. The molecule has 0 radical (unpaired) electrons. The highest BCUT2D eigenvalue weighted by molar-refractivity contribution is 5.83. The number of hydrogen-bond acceptors (Lipinski definition) is 5. The van der Waals surface area contributed by atoms with Gasteiger partial charge in [0, 0.05) is 11.1 Å². The summed E-state index contributed by atoms with van der Waals surface area (Å²) in [7, 11) is 0. The van der Waals surface area contributed by atoms with Crippen LogP contribution in [0.3, 0.4) is 0 Å². The van der Waals surface area contributed by atoms with Crippen LogP contribution in [0.2, 0.25) is 0 Å². The van der Waals surface area contributed by atoms with Crippen LogP contribution < -0.4 is 5.32 Å². The first kappa shape index (κ1) is 18.3. The number of halogens is 1. The van der Waals surface area contributed by atoms with Gasteiger partial charge in [0.25, 0.3) is 0 Å². The van der Waals surface area contributed by atoms with Crippen molar-refractivity contribution in [3.8, 4) is 0 Å². The van der Waals surface area contributed by atoms with Gasteiger partial charge in [0.15, 0.2) is 11.5 Å². The van der Waals surface area contributed by atoms with Crippen molar-refractivity contribution in [1.29, 1.82) is 0 Å². The number of aromatic nitrogens is 5. The Morgan fingerprint density at radius 2 is 2.04 bits per heavy atom. The zero-order valence-electron chi connectivity index (χ0n) is 16.0. The van der Waals surface area contributed by atoms with Crippen LogP contribution in [-0.2, 0) is 6.42 Å². The van der Waals surface area contributed by atoms with Gasteiger partial charge in [-0.15, -0.1) is 0 Å². The Morgan fingerprint density at radius 1 is 1.14 bits per heavy atom. The van der Waals surface area contributed by atoms with Crippen LogP contribution in [0.25, 0.3) is 22.1 Å². The fourth-order valence-corrected chi connectivity index (χ4v) is 3.49. The number of para-hydroxylation sites is 1. The SMILES string of the molecule is CCCCCc1nc2c(F)cccc2cc1[C@H](C)Nc1ncnc2[nH]cnc12. The Hall–Kier alpha value is -3.09. The van der Waals surface area contributed by atoms with Gasteiger partial charge in [-0.05, 0) is 37.5 Å². The van der Waals surface area contributed by atoms with Gasteiger partial charge in [-0.2, -0.15) is 0 Å². The van der Waals surface area contributed by atoms with Gasteiger partial charge in [-0.25, -0.2) is 24.3 Å². The highest BCUT2D eigenvalue weighted by Crippen LogP contribution is 2.28. The minimum absolute atomic E-state index is 0.0633. The van der Waals surface area contributed by atoms with Crippen molar-refractivity contribution in [1.82, 2.24) is 24.9 Å². The summed E-state index contributed by atoms with van der Waals surface area (Å²) in [6, 6.07) is 7.05. The van der Waals surface area contributed by atoms with Gasteiger partial charge in [-0.1, -0.05) is 31.9 Å². The lowest BCUT2D eigenvalue weighted by Crippen LogP contribution is -2.12. The third-order valence-electron chi connectivity index (χ3n) is 4.96. The molecule has 6 nitrogen and oxygen atoms in total. The number of aryl methyl sites for hydroxylation is 1. The summed E-state index contributed by atoms with van der Waals surface area (Å²) in [5.41, 5.74) is 3.80. The maximum atomic E-state index is 14.3. The van der Waals surface area contributed by atoms with Crippen molar-refractivity contribution < 1.29 is 4.39 Å². The van der Waals surface area contributed by atoms with E-state index < -0.39 is 0 Å². The number of aromatic amines is 1. The number of H-pyrrole nitrogens is 1. The van der Waals surface area contributed by atoms with Crippen molar-refractivity contribution in [2.45, 2.75) is 45.6 Å². The Morgan fingerprint density at radius 3 is 2.89 bits per heavy atom. The molecule has 0 fully saturated rings. The number of rotatable bonds is 7. The summed E-state index contributed by atoms with van der Waals surface area (Å²) < 4.78 is 14.3. The molecule has 4 aromatic rings. The molecule has 0 aliphatic carbocycles. The van der Waals surface area contributed by atoms with Gasteiger partial charge >= 0.3 is 0 Å². The summed E-state index contributed by atoms with van der Waals surface area (Å²) in [6.07, 6.45) is 7.21. The monoisotopic (exact) mass is 378 g/mol. The molecule has 144 valence electrons. The molecule has 0 spiro atoms. The van der Waals surface area contributed by atoms with Crippen LogP contribution in [0.15, 0.2) is 36.9 Å². The first-order chi connectivity index (χ1) is 13.7. The first-order valence-electron chi connectivity index (χ1n) is 9.66. The number of anilines is 1. The molecular weight excluding hydrogens is 355 g/mol. The molecule has 1 aromatic carbocycles. The molecule has 1 atom stereocenters. The Balaban J connectivity index is 1.72. The van der Waals surface area contributed by atoms with Crippen LogP contribution in [0, 0.1) is 5.82 Å². The van der Waals surface area contributed by atoms with Crippen LogP contribution in [-0.4, -0.2) is 24.9 Å². The molecule has 3 aromatic heterocycles. The van der Waals surface area contributed by atoms with Crippen LogP contribution >= 0.6 is 0 Å². The summed E-state index contributed by atoms with van der Waals surface area (Å²) >= 11 is 0. The number of nitrogens with zero attached hydrogens (tertiary/aromatic N) is 4. The van der Waals surface area contributed by atoms with Crippen LogP contribution in [0.1, 0.15) is 50.4 Å². The van der Waals surface area contributed by atoms with Gasteiger partial charge < -0.3 is 10.3 Å². The molecule has 0 aliphatic heterocycles. The van der Waals surface area contributed by atoms with E-state index in [0.29, 0.717) is 22.5 Å². The molecule has 0 unspecified atom stereocenters. The van der Waals surface area contributed by atoms with E-state index in [-0.39, 0.29) is 11.9 Å². The van der Waals surface area contributed by atoms with Crippen molar-refractivity contribution in [2.24, 2.45) is 0 Å². The van der Waals surface area contributed by atoms with E-state index in [1.807, 2.05) is 12.1 Å². The molecule has 2 N–H and O–H groups in total. The second-order valence-corrected chi connectivity index (χ2v) is 6.98. The summed E-state index contributed by atoms with van der Waals surface area (Å²) in [5, 5.41) is 4.23. The Bertz CT molecular complexity index is 1110. The predicted molar refractivity (Wildman–Crippen MR) is 109 cm³/mol. The highest BCUT2D eigenvalue weighted by Gasteiger charge is 2.17. The van der Waals surface area contributed by atoms with E-state index >= 15 is 0 Å². The Labute approximate surface area is 162 Å². The zero-order chi connectivity index (χ0) is 19.5. The van der Waals surface area contributed by atoms with Crippen molar-refractivity contribution >= 4 is 27.9 Å². The van der Waals surface area contributed by atoms with Crippen LogP contribution in [0.4, 0.5) is 10.2 Å². The molecule has 3 heterocycles. The number of hydrogen-bond donors (Lipinski definition) is 2. The highest BCUT2D eigenvalue weighted by atomic mass is 19.1. The van der Waals surface area contributed by atoms with Gasteiger partial charge in [0.1, 0.15) is 23.2 Å². The minimum Gasteiger partial charge on any atom is -0.362 e. The molecular formula is C21H23FN6. The van der Waals surface area contributed by atoms with Gasteiger partial charge in [-0.3, -0.25) is 0 Å². The van der Waals surface area contributed by atoms with Crippen molar-refractivity contribution in [3.63, 3.8) is 0 Å². The smallest absolute Gasteiger partial charge is 0.162 e. The number of unbranched alkanes of at least 4 members (excludes halogenated alkanes) is 2. The lowest BCUT2D eigenvalue weighted by molar-refractivity contribution is 0.634. The first-order valence-corrected chi connectivity index (χ1v) is 9.66. The van der Waals surface area contributed by atoms with E-state index in [4.69, 9.17) is 4.98 Å². The molecule has 0 saturated heterocycles. The number of imidazole rings is 1. The normalized spacial score (nSPS) is 12.5. The number of fused-ring (bicyclic) bond motifs is 2. The molecule has 28 heavy (non-hydrogen) atoms. The van der Waals surface area contributed by atoms with Crippen molar-refractivity contribution in [2.75, 3.05) is 5.32 Å². The lowest BCUT2D eigenvalue weighted by atomic mass is 9.99. The van der Waals surface area contributed by atoms with E-state index in [1.54, 1.807) is 12.4 Å². The largest absolute Gasteiger partial charge is 0.362 e. The third-order valence-corrected chi connectivity index (χ3v) is 4.96. The minimum atomic E-state index is -0.282. The molecule has 0 aliphatic rings. The molecule has 0 amide bonds. The predicted octanol–water partition coefficient (Wildman–Crippen LogP) is 4.95. The molecule has 0 bridgehead atoms. The summed E-state index contributed by atoms with van der Waals surface area (Å²) in [5.74, 6) is 0.382. The second-order valence-electron chi connectivity index (χ2n) is 6.98. The van der Waals surface area contributed by atoms with E-state index in [1.165, 1.54) is 12.4 Å². The van der Waals surface area contributed by atoms with E-state index in [9.17, 15) is 4.39 Å². The number of nitrogens with one attached hydrogen (secondary N) is 2. The number of benzene rings is 1. The van der Waals surface area contributed by atoms with Crippen molar-refractivity contribution in [3.05, 3.63) is 54.0 Å². The molecule has 0 saturated carbocycles. The van der Waals surface area contributed by atoms with Crippen LogP contribution in [0.5, 0.6) is 0 Å². The Kier molecular flexibility index (Phi) is 5.14. The van der Waals surface area contributed by atoms with Gasteiger partial charge in [0.05, 0.1) is 12.4 Å². The second kappa shape index (κ2) is 7.88.